The third kappa shape index (κ3) is 4.40. The number of hydrogen-bond acceptors (Lipinski definition) is 5. The van der Waals surface area contributed by atoms with Gasteiger partial charge in [0.1, 0.15) is 17.3 Å². The summed E-state index contributed by atoms with van der Waals surface area (Å²) in [5.41, 5.74) is 4.26. The van der Waals surface area contributed by atoms with Crippen molar-refractivity contribution in [1.82, 2.24) is 4.98 Å². The lowest BCUT2D eigenvalue weighted by molar-refractivity contribution is 0.102. The second-order valence-electron chi connectivity index (χ2n) is 6.39. The summed E-state index contributed by atoms with van der Waals surface area (Å²) < 4.78 is 10.5. The van der Waals surface area contributed by atoms with E-state index < -0.39 is 0 Å². The number of rotatable bonds is 6. The van der Waals surface area contributed by atoms with E-state index >= 15 is 0 Å². The van der Waals surface area contributed by atoms with Crippen LogP contribution in [0.25, 0.3) is 0 Å². The van der Waals surface area contributed by atoms with Gasteiger partial charge < -0.3 is 20.1 Å². The first-order valence-electron chi connectivity index (χ1n) is 8.84. The first-order chi connectivity index (χ1) is 13.5. The van der Waals surface area contributed by atoms with Gasteiger partial charge in [-0.3, -0.25) is 4.79 Å². The van der Waals surface area contributed by atoms with E-state index in [4.69, 9.17) is 9.47 Å². The monoisotopic (exact) mass is 377 g/mol. The molecule has 0 aliphatic rings. The predicted octanol–water partition coefficient (Wildman–Crippen LogP) is 4.71. The number of benzene rings is 2. The minimum Gasteiger partial charge on any atom is -0.497 e. The second kappa shape index (κ2) is 8.43. The maximum absolute atomic E-state index is 12.7. The van der Waals surface area contributed by atoms with E-state index in [1.54, 1.807) is 50.7 Å². The molecule has 6 nitrogen and oxygen atoms in total. The molecule has 0 spiro atoms. The highest BCUT2D eigenvalue weighted by atomic mass is 16.5. The van der Waals surface area contributed by atoms with Crippen molar-refractivity contribution in [3.8, 4) is 11.5 Å². The highest BCUT2D eigenvalue weighted by molar-refractivity contribution is 6.05. The van der Waals surface area contributed by atoms with Crippen LogP contribution >= 0.6 is 0 Å². The molecule has 2 N–H and O–H groups in total. The maximum atomic E-state index is 12.7. The Kier molecular flexibility index (Phi) is 5.79. The standard InChI is InChI=1S/C22H23N3O3/c1-14-5-7-18(15(2)11-14)24-21-12-16(9-10-23-21)22(26)25-19-13-17(27-3)6-8-20(19)28-4/h5-13H,1-4H3,(H,23,24)(H,25,26). The first-order valence-corrected chi connectivity index (χ1v) is 8.84. The fourth-order valence-corrected chi connectivity index (χ4v) is 2.84. The number of amides is 1. The number of anilines is 3. The first kappa shape index (κ1) is 19.2. The zero-order chi connectivity index (χ0) is 20.1. The lowest BCUT2D eigenvalue weighted by Gasteiger charge is -2.13. The van der Waals surface area contributed by atoms with Crippen molar-refractivity contribution in [2.24, 2.45) is 0 Å². The molecule has 6 heteroatoms. The minimum atomic E-state index is -0.266. The molecule has 0 aliphatic heterocycles. The number of nitrogens with zero attached hydrogens (tertiary/aromatic N) is 1. The number of aryl methyl sites for hydroxylation is 2. The second-order valence-corrected chi connectivity index (χ2v) is 6.39. The Labute approximate surface area is 164 Å². The molecule has 0 bridgehead atoms. The van der Waals surface area contributed by atoms with E-state index in [-0.39, 0.29) is 5.91 Å². The van der Waals surface area contributed by atoms with Gasteiger partial charge in [0.15, 0.2) is 0 Å². The number of ether oxygens (including phenoxy) is 2. The molecule has 0 saturated carbocycles. The highest BCUT2D eigenvalue weighted by Crippen LogP contribution is 2.29. The van der Waals surface area contributed by atoms with E-state index in [9.17, 15) is 4.79 Å². The Morgan fingerprint density at radius 3 is 2.46 bits per heavy atom. The number of methoxy groups -OCH3 is 2. The van der Waals surface area contributed by atoms with Crippen molar-refractivity contribution in [3.63, 3.8) is 0 Å². The van der Waals surface area contributed by atoms with Crippen molar-refractivity contribution in [2.75, 3.05) is 24.9 Å². The van der Waals surface area contributed by atoms with Gasteiger partial charge in [-0.1, -0.05) is 17.7 Å². The molecule has 0 aliphatic carbocycles. The summed E-state index contributed by atoms with van der Waals surface area (Å²) in [6.45, 7) is 4.08. The molecule has 0 saturated heterocycles. The van der Waals surface area contributed by atoms with E-state index in [0.29, 0.717) is 28.6 Å². The van der Waals surface area contributed by atoms with Gasteiger partial charge in [-0.25, -0.2) is 4.98 Å². The quantitative estimate of drug-likeness (QED) is 0.651. The summed E-state index contributed by atoms with van der Waals surface area (Å²) in [7, 11) is 3.12. The largest absolute Gasteiger partial charge is 0.497 e. The van der Waals surface area contributed by atoms with Gasteiger partial charge in [-0.2, -0.15) is 0 Å². The van der Waals surface area contributed by atoms with Crippen LogP contribution in [-0.2, 0) is 0 Å². The number of carbonyl (C=O) groups is 1. The molecule has 28 heavy (non-hydrogen) atoms. The molecule has 0 atom stereocenters. The average molecular weight is 377 g/mol. The van der Waals surface area contributed by atoms with Gasteiger partial charge in [0.05, 0.1) is 19.9 Å². The summed E-state index contributed by atoms with van der Waals surface area (Å²) in [5, 5.41) is 6.13. The summed E-state index contributed by atoms with van der Waals surface area (Å²) in [4.78, 5) is 17.0. The van der Waals surface area contributed by atoms with Gasteiger partial charge >= 0.3 is 0 Å². The van der Waals surface area contributed by atoms with Crippen LogP contribution in [0.15, 0.2) is 54.7 Å². The molecule has 3 aromatic rings. The van der Waals surface area contributed by atoms with Gasteiger partial charge in [-0.15, -0.1) is 0 Å². The number of nitrogens with one attached hydrogen (secondary N) is 2. The molecule has 2 aromatic carbocycles. The van der Waals surface area contributed by atoms with Crippen LogP contribution in [-0.4, -0.2) is 25.1 Å². The van der Waals surface area contributed by atoms with E-state index in [2.05, 4.69) is 21.7 Å². The topological polar surface area (TPSA) is 72.5 Å². The molecule has 1 heterocycles. The van der Waals surface area contributed by atoms with Crippen molar-refractivity contribution < 1.29 is 14.3 Å². The molecule has 1 aromatic heterocycles. The fraction of sp³-hybridized carbons (Fsp3) is 0.182. The van der Waals surface area contributed by atoms with Crippen molar-refractivity contribution >= 4 is 23.1 Å². The smallest absolute Gasteiger partial charge is 0.255 e. The van der Waals surface area contributed by atoms with Gasteiger partial charge in [0, 0.05) is 23.5 Å². The van der Waals surface area contributed by atoms with Crippen LogP contribution in [0.2, 0.25) is 0 Å². The van der Waals surface area contributed by atoms with Gasteiger partial charge in [-0.05, 0) is 49.7 Å². The Morgan fingerprint density at radius 2 is 1.75 bits per heavy atom. The zero-order valence-corrected chi connectivity index (χ0v) is 16.4. The van der Waals surface area contributed by atoms with Crippen molar-refractivity contribution in [1.29, 1.82) is 0 Å². The normalized spacial score (nSPS) is 10.3. The molecule has 144 valence electrons. The zero-order valence-electron chi connectivity index (χ0n) is 16.4. The third-order valence-corrected chi connectivity index (χ3v) is 4.32. The number of aromatic nitrogens is 1. The molecule has 0 fully saturated rings. The number of pyridine rings is 1. The highest BCUT2D eigenvalue weighted by Gasteiger charge is 2.12. The lowest BCUT2D eigenvalue weighted by atomic mass is 10.1. The Morgan fingerprint density at radius 1 is 0.929 bits per heavy atom. The molecule has 1 amide bonds. The number of carbonyl (C=O) groups excluding carboxylic acids is 1. The fourth-order valence-electron chi connectivity index (χ4n) is 2.84. The summed E-state index contributed by atoms with van der Waals surface area (Å²) in [5.74, 6) is 1.51. The molecule has 0 unspecified atom stereocenters. The molecule has 3 rings (SSSR count). The third-order valence-electron chi connectivity index (χ3n) is 4.32. The minimum absolute atomic E-state index is 0.266. The van der Waals surface area contributed by atoms with Gasteiger partial charge in [0.25, 0.3) is 5.91 Å². The Bertz CT molecular complexity index is 1000. The molecular weight excluding hydrogens is 354 g/mol. The van der Waals surface area contributed by atoms with E-state index in [0.717, 1.165) is 11.3 Å². The average Bonchev–Trinajstić information content (AvgIpc) is 2.70. The predicted molar refractivity (Wildman–Crippen MR) is 111 cm³/mol. The van der Waals surface area contributed by atoms with E-state index in [1.807, 2.05) is 26.0 Å². The van der Waals surface area contributed by atoms with Crippen LogP contribution in [0.4, 0.5) is 17.2 Å². The van der Waals surface area contributed by atoms with E-state index in [1.165, 1.54) is 5.56 Å². The maximum Gasteiger partial charge on any atom is 0.255 e. The van der Waals surface area contributed by atoms with Crippen LogP contribution in [0.1, 0.15) is 21.5 Å². The van der Waals surface area contributed by atoms with Crippen molar-refractivity contribution in [2.45, 2.75) is 13.8 Å². The van der Waals surface area contributed by atoms with Crippen LogP contribution in [0.5, 0.6) is 11.5 Å². The van der Waals surface area contributed by atoms with Crippen molar-refractivity contribution in [3.05, 3.63) is 71.4 Å². The summed E-state index contributed by atoms with van der Waals surface area (Å²) in [6, 6.07) is 14.7. The molecular formula is C22H23N3O3. The van der Waals surface area contributed by atoms with Gasteiger partial charge in [0.2, 0.25) is 0 Å². The van der Waals surface area contributed by atoms with Crippen LogP contribution < -0.4 is 20.1 Å². The Balaban J connectivity index is 1.81. The van der Waals surface area contributed by atoms with Crippen LogP contribution in [0.3, 0.4) is 0 Å². The Hall–Kier alpha value is -3.54. The lowest BCUT2D eigenvalue weighted by Crippen LogP contribution is -2.13. The molecule has 0 radical (unpaired) electrons. The summed E-state index contributed by atoms with van der Waals surface area (Å²) in [6.07, 6.45) is 1.60. The summed E-state index contributed by atoms with van der Waals surface area (Å²) >= 11 is 0. The van der Waals surface area contributed by atoms with Crippen LogP contribution in [0, 0.1) is 13.8 Å². The number of hydrogen-bond donors (Lipinski definition) is 2. The SMILES string of the molecule is COc1ccc(OC)c(NC(=O)c2ccnc(Nc3ccc(C)cc3C)c2)c1.